The SMILES string of the molecule is CCCC(=O)CCCC1CCCN1C(=O)OCc1ccccc1. The maximum atomic E-state index is 12.3. The molecule has 0 aliphatic carbocycles. The predicted octanol–water partition coefficient (Wildman–Crippen LogP) is 4.33. The van der Waals surface area contributed by atoms with Crippen molar-refractivity contribution in [1.29, 1.82) is 0 Å². The van der Waals surface area contributed by atoms with Crippen LogP contribution in [0, 0.1) is 0 Å². The molecule has 1 amide bonds. The van der Waals surface area contributed by atoms with Crippen LogP contribution in [-0.4, -0.2) is 29.4 Å². The molecule has 0 saturated carbocycles. The van der Waals surface area contributed by atoms with Crippen LogP contribution in [0.2, 0.25) is 0 Å². The van der Waals surface area contributed by atoms with Gasteiger partial charge in [-0.3, -0.25) is 4.79 Å². The normalized spacial score (nSPS) is 17.3. The van der Waals surface area contributed by atoms with Crippen molar-refractivity contribution >= 4 is 11.9 Å². The molecule has 4 heteroatoms. The highest BCUT2D eigenvalue weighted by Crippen LogP contribution is 2.23. The largest absolute Gasteiger partial charge is 0.445 e. The van der Waals surface area contributed by atoms with Crippen LogP contribution in [0.5, 0.6) is 0 Å². The van der Waals surface area contributed by atoms with Crippen LogP contribution in [0.3, 0.4) is 0 Å². The van der Waals surface area contributed by atoms with Gasteiger partial charge in [0, 0.05) is 25.4 Å². The van der Waals surface area contributed by atoms with Gasteiger partial charge in [-0.05, 0) is 37.7 Å². The summed E-state index contributed by atoms with van der Waals surface area (Å²) < 4.78 is 5.43. The Hall–Kier alpha value is -1.84. The number of nitrogens with zero attached hydrogens (tertiary/aromatic N) is 1. The van der Waals surface area contributed by atoms with Gasteiger partial charge in [0.1, 0.15) is 12.4 Å². The second-order valence-electron chi connectivity index (χ2n) is 6.21. The Morgan fingerprint density at radius 3 is 2.74 bits per heavy atom. The molecule has 0 radical (unpaired) electrons. The minimum absolute atomic E-state index is 0.226. The van der Waals surface area contributed by atoms with E-state index in [1.165, 1.54) is 0 Å². The first-order chi connectivity index (χ1) is 11.2. The van der Waals surface area contributed by atoms with Crippen molar-refractivity contribution in [1.82, 2.24) is 4.90 Å². The van der Waals surface area contributed by atoms with Crippen molar-refractivity contribution < 1.29 is 14.3 Å². The van der Waals surface area contributed by atoms with Gasteiger partial charge in [0.2, 0.25) is 0 Å². The minimum atomic E-state index is -0.226. The highest BCUT2D eigenvalue weighted by atomic mass is 16.6. The average Bonchev–Trinajstić information content (AvgIpc) is 3.02. The van der Waals surface area contributed by atoms with Crippen LogP contribution in [0.15, 0.2) is 30.3 Å². The maximum absolute atomic E-state index is 12.3. The summed E-state index contributed by atoms with van der Waals surface area (Å²) in [5.41, 5.74) is 1.00. The molecule has 1 aliphatic heterocycles. The third-order valence-electron chi connectivity index (χ3n) is 4.34. The number of likely N-dealkylation sites (tertiary alicyclic amines) is 1. The van der Waals surface area contributed by atoms with E-state index in [4.69, 9.17) is 4.74 Å². The van der Waals surface area contributed by atoms with E-state index in [1.54, 1.807) is 0 Å². The Bertz CT molecular complexity index is 501. The number of rotatable bonds is 8. The molecule has 1 unspecified atom stereocenters. The van der Waals surface area contributed by atoms with Gasteiger partial charge in [0.25, 0.3) is 0 Å². The molecule has 1 aromatic carbocycles. The zero-order chi connectivity index (χ0) is 16.5. The first kappa shape index (κ1) is 17.5. The van der Waals surface area contributed by atoms with E-state index < -0.39 is 0 Å². The van der Waals surface area contributed by atoms with Gasteiger partial charge in [0.15, 0.2) is 0 Å². The van der Waals surface area contributed by atoms with E-state index in [0.29, 0.717) is 25.2 Å². The molecule has 1 fully saturated rings. The number of Topliss-reactive ketones (excluding diaryl/α,β-unsaturated/α-hetero) is 1. The van der Waals surface area contributed by atoms with Crippen molar-refractivity contribution in [3.8, 4) is 0 Å². The standard InChI is InChI=1S/C19H27NO3/c1-2-8-18(21)13-6-11-17-12-7-14-20(17)19(22)23-15-16-9-4-3-5-10-16/h3-5,9-10,17H,2,6-8,11-15H2,1H3. The lowest BCUT2D eigenvalue weighted by Gasteiger charge is -2.24. The van der Waals surface area contributed by atoms with Gasteiger partial charge in [-0.15, -0.1) is 0 Å². The lowest BCUT2D eigenvalue weighted by Crippen LogP contribution is -2.35. The van der Waals surface area contributed by atoms with Gasteiger partial charge in [-0.25, -0.2) is 4.79 Å². The van der Waals surface area contributed by atoms with E-state index in [9.17, 15) is 9.59 Å². The molecular formula is C19H27NO3. The molecule has 0 N–H and O–H groups in total. The Morgan fingerprint density at radius 1 is 1.22 bits per heavy atom. The quantitative estimate of drug-likeness (QED) is 0.717. The third kappa shape index (κ3) is 5.70. The smallest absolute Gasteiger partial charge is 0.410 e. The highest BCUT2D eigenvalue weighted by molar-refractivity contribution is 5.78. The Balaban J connectivity index is 1.74. The Labute approximate surface area is 138 Å². The second kappa shape index (κ2) is 9.33. The van der Waals surface area contributed by atoms with Crippen LogP contribution in [0.4, 0.5) is 4.79 Å². The molecule has 0 aromatic heterocycles. The van der Waals surface area contributed by atoms with E-state index in [-0.39, 0.29) is 12.1 Å². The number of benzene rings is 1. The van der Waals surface area contributed by atoms with Crippen molar-refractivity contribution in [2.24, 2.45) is 0 Å². The highest BCUT2D eigenvalue weighted by Gasteiger charge is 2.29. The summed E-state index contributed by atoms with van der Waals surface area (Å²) in [5, 5.41) is 0. The monoisotopic (exact) mass is 317 g/mol. The molecule has 1 atom stereocenters. The zero-order valence-electron chi connectivity index (χ0n) is 14.0. The molecule has 1 heterocycles. The maximum Gasteiger partial charge on any atom is 0.410 e. The summed E-state index contributed by atoms with van der Waals surface area (Å²) in [4.78, 5) is 25.7. The van der Waals surface area contributed by atoms with Gasteiger partial charge < -0.3 is 9.64 Å². The van der Waals surface area contributed by atoms with Crippen LogP contribution in [-0.2, 0) is 16.1 Å². The van der Waals surface area contributed by atoms with E-state index >= 15 is 0 Å². The predicted molar refractivity (Wildman–Crippen MR) is 90.1 cm³/mol. The van der Waals surface area contributed by atoms with Crippen LogP contribution in [0.1, 0.15) is 57.4 Å². The first-order valence-electron chi connectivity index (χ1n) is 8.69. The van der Waals surface area contributed by atoms with Crippen molar-refractivity contribution in [2.45, 2.75) is 64.5 Å². The number of carbonyl (C=O) groups is 2. The molecule has 2 rings (SSSR count). The lowest BCUT2D eigenvalue weighted by atomic mass is 10.0. The van der Waals surface area contributed by atoms with E-state index in [0.717, 1.165) is 44.2 Å². The Kier molecular flexibility index (Phi) is 7.11. The number of ether oxygens (including phenoxy) is 1. The van der Waals surface area contributed by atoms with E-state index in [2.05, 4.69) is 0 Å². The first-order valence-corrected chi connectivity index (χ1v) is 8.69. The number of hydrogen-bond donors (Lipinski definition) is 0. The molecule has 1 aliphatic rings. The molecule has 1 saturated heterocycles. The fourth-order valence-electron chi connectivity index (χ4n) is 3.12. The molecule has 0 bridgehead atoms. The van der Waals surface area contributed by atoms with E-state index in [1.807, 2.05) is 42.2 Å². The van der Waals surface area contributed by atoms with Crippen molar-refractivity contribution in [3.05, 3.63) is 35.9 Å². The zero-order valence-corrected chi connectivity index (χ0v) is 14.0. The van der Waals surface area contributed by atoms with Gasteiger partial charge in [-0.2, -0.15) is 0 Å². The van der Waals surface area contributed by atoms with Gasteiger partial charge in [0.05, 0.1) is 0 Å². The van der Waals surface area contributed by atoms with Crippen LogP contribution in [0.25, 0.3) is 0 Å². The van der Waals surface area contributed by atoms with Crippen LogP contribution < -0.4 is 0 Å². The van der Waals surface area contributed by atoms with Gasteiger partial charge >= 0.3 is 6.09 Å². The Morgan fingerprint density at radius 2 is 2.00 bits per heavy atom. The summed E-state index contributed by atoms with van der Waals surface area (Å²) in [6.45, 7) is 3.11. The van der Waals surface area contributed by atoms with Crippen LogP contribution >= 0.6 is 0 Å². The number of carbonyl (C=O) groups excluding carboxylic acids is 2. The van der Waals surface area contributed by atoms with Gasteiger partial charge in [-0.1, -0.05) is 37.3 Å². The molecule has 23 heavy (non-hydrogen) atoms. The summed E-state index contributed by atoms with van der Waals surface area (Å²) in [7, 11) is 0. The fourth-order valence-corrected chi connectivity index (χ4v) is 3.12. The van der Waals surface area contributed by atoms with Crippen molar-refractivity contribution in [2.75, 3.05) is 6.54 Å². The molecule has 0 spiro atoms. The third-order valence-corrected chi connectivity index (χ3v) is 4.34. The number of amides is 1. The number of ketones is 1. The summed E-state index contributed by atoms with van der Waals surface area (Å²) in [6.07, 6.45) is 5.81. The fraction of sp³-hybridized carbons (Fsp3) is 0.579. The molecule has 4 nitrogen and oxygen atoms in total. The number of hydrogen-bond acceptors (Lipinski definition) is 3. The second-order valence-corrected chi connectivity index (χ2v) is 6.21. The van der Waals surface area contributed by atoms with Crippen molar-refractivity contribution in [3.63, 3.8) is 0 Å². The topological polar surface area (TPSA) is 46.6 Å². The minimum Gasteiger partial charge on any atom is -0.445 e. The summed E-state index contributed by atoms with van der Waals surface area (Å²) in [5.74, 6) is 0.337. The average molecular weight is 317 g/mol. The summed E-state index contributed by atoms with van der Waals surface area (Å²) >= 11 is 0. The lowest BCUT2D eigenvalue weighted by molar-refractivity contribution is -0.119. The molecule has 126 valence electrons. The molecular weight excluding hydrogens is 290 g/mol. The summed E-state index contributed by atoms with van der Waals surface area (Å²) in [6, 6.07) is 9.96. The molecule has 1 aromatic rings.